The van der Waals surface area contributed by atoms with Crippen molar-refractivity contribution in [3.63, 3.8) is 0 Å². The highest BCUT2D eigenvalue weighted by Crippen LogP contribution is 2.28. The second-order valence-electron chi connectivity index (χ2n) is 9.66. The maximum absolute atomic E-state index is 13.4. The van der Waals surface area contributed by atoms with Crippen LogP contribution in [-0.2, 0) is 10.3 Å². The molecular formula is C30H27FN2O3. The summed E-state index contributed by atoms with van der Waals surface area (Å²) in [5.74, 6) is -0.141. The van der Waals surface area contributed by atoms with Gasteiger partial charge in [0.1, 0.15) is 11.6 Å². The van der Waals surface area contributed by atoms with Crippen molar-refractivity contribution in [2.24, 2.45) is 10.9 Å². The highest BCUT2D eigenvalue weighted by atomic mass is 19.1. The summed E-state index contributed by atoms with van der Waals surface area (Å²) < 4.78 is 19.3. The van der Waals surface area contributed by atoms with Gasteiger partial charge in [0, 0.05) is 22.3 Å². The summed E-state index contributed by atoms with van der Waals surface area (Å²) in [5.41, 5.74) is 3.67. The number of hydrogen-bond acceptors (Lipinski definition) is 4. The van der Waals surface area contributed by atoms with Crippen molar-refractivity contribution in [2.45, 2.75) is 32.2 Å². The van der Waals surface area contributed by atoms with Crippen LogP contribution in [0.15, 0.2) is 87.3 Å². The fourth-order valence-electron chi connectivity index (χ4n) is 4.77. The van der Waals surface area contributed by atoms with E-state index in [1.54, 1.807) is 12.1 Å². The molecule has 0 bridgehead atoms. The summed E-state index contributed by atoms with van der Waals surface area (Å²) in [6, 6.07) is 15.7. The van der Waals surface area contributed by atoms with E-state index in [-0.39, 0.29) is 17.6 Å². The Labute approximate surface area is 208 Å². The van der Waals surface area contributed by atoms with Crippen LogP contribution in [0.25, 0.3) is 17.4 Å². The lowest BCUT2D eigenvalue weighted by Gasteiger charge is -2.28. The molecule has 36 heavy (non-hydrogen) atoms. The van der Waals surface area contributed by atoms with Crippen LogP contribution in [0.4, 0.5) is 4.39 Å². The topological polar surface area (TPSA) is 71.7 Å². The summed E-state index contributed by atoms with van der Waals surface area (Å²) in [6.07, 6.45) is 8.24. The van der Waals surface area contributed by atoms with Crippen LogP contribution in [0, 0.1) is 11.7 Å². The van der Waals surface area contributed by atoms with E-state index in [9.17, 15) is 14.0 Å². The minimum atomic E-state index is -0.516. The molecule has 5 rings (SSSR count). The van der Waals surface area contributed by atoms with Crippen molar-refractivity contribution in [1.82, 2.24) is 5.32 Å². The minimum Gasteiger partial charge on any atom is -0.437 e. The number of aldehydes is 1. The molecule has 1 aliphatic carbocycles. The van der Waals surface area contributed by atoms with Gasteiger partial charge in [-0.2, -0.15) is 0 Å². The molecule has 1 aliphatic heterocycles. The number of carbonyl (C=O) groups excluding carboxylic acids is 2. The summed E-state index contributed by atoms with van der Waals surface area (Å²) in [7, 11) is 0. The van der Waals surface area contributed by atoms with Gasteiger partial charge < -0.3 is 9.73 Å². The summed E-state index contributed by atoms with van der Waals surface area (Å²) in [6.45, 7) is 4.45. The molecule has 182 valence electrons. The van der Waals surface area contributed by atoms with Crippen LogP contribution in [0.2, 0.25) is 0 Å². The molecule has 1 unspecified atom stereocenters. The number of rotatable bonds is 6. The highest BCUT2D eigenvalue weighted by molar-refractivity contribution is 5.97. The van der Waals surface area contributed by atoms with Crippen LogP contribution in [0.3, 0.4) is 0 Å². The first-order valence-electron chi connectivity index (χ1n) is 12.0. The quantitative estimate of drug-likeness (QED) is 0.521. The van der Waals surface area contributed by atoms with Gasteiger partial charge in [-0.15, -0.1) is 0 Å². The molecule has 1 N–H and O–H groups in total. The monoisotopic (exact) mass is 482 g/mol. The maximum Gasteiger partial charge on any atom is 0.251 e. The number of nitrogens with zero attached hydrogens (tertiary/aromatic N) is 1. The molecule has 5 nitrogen and oxygen atoms in total. The molecule has 1 atom stereocenters. The van der Waals surface area contributed by atoms with Gasteiger partial charge in [0.2, 0.25) is 5.55 Å². The zero-order valence-electron chi connectivity index (χ0n) is 20.3. The molecule has 0 radical (unpaired) electrons. The van der Waals surface area contributed by atoms with E-state index >= 15 is 0 Å². The molecule has 1 aromatic heterocycles. The van der Waals surface area contributed by atoms with Crippen molar-refractivity contribution in [3.8, 4) is 11.3 Å². The van der Waals surface area contributed by atoms with E-state index in [2.05, 4.69) is 10.3 Å². The van der Waals surface area contributed by atoms with Crippen molar-refractivity contribution in [1.29, 1.82) is 0 Å². The van der Waals surface area contributed by atoms with Gasteiger partial charge in [-0.3, -0.25) is 9.59 Å². The Morgan fingerprint density at radius 3 is 2.61 bits per heavy atom. The Kier molecular flexibility index (Phi) is 6.27. The normalized spacial score (nSPS) is 17.1. The van der Waals surface area contributed by atoms with E-state index in [1.165, 1.54) is 12.1 Å². The van der Waals surface area contributed by atoms with E-state index in [1.807, 2.05) is 62.4 Å². The molecule has 0 spiro atoms. The van der Waals surface area contributed by atoms with Crippen molar-refractivity contribution in [3.05, 3.63) is 106 Å². The summed E-state index contributed by atoms with van der Waals surface area (Å²) >= 11 is 0. The van der Waals surface area contributed by atoms with Crippen LogP contribution in [0.5, 0.6) is 0 Å². The predicted octanol–water partition coefficient (Wildman–Crippen LogP) is 4.63. The molecule has 2 heterocycles. The van der Waals surface area contributed by atoms with E-state index in [0.717, 1.165) is 30.3 Å². The number of furan rings is 1. The third-order valence-corrected chi connectivity index (χ3v) is 6.79. The van der Waals surface area contributed by atoms with Crippen LogP contribution in [0.1, 0.15) is 42.6 Å². The Morgan fingerprint density at radius 2 is 1.89 bits per heavy atom. The number of carbonyl (C=O) groups is 2. The number of fused-ring (bicyclic) bond motifs is 1. The molecule has 3 aromatic rings. The number of benzene rings is 2. The van der Waals surface area contributed by atoms with E-state index < -0.39 is 5.54 Å². The zero-order chi connectivity index (χ0) is 25.3. The van der Waals surface area contributed by atoms with Gasteiger partial charge in [-0.25, -0.2) is 9.38 Å². The molecule has 2 aromatic carbocycles. The summed E-state index contributed by atoms with van der Waals surface area (Å²) in [5, 5.41) is 3.80. The average molecular weight is 483 g/mol. The summed E-state index contributed by atoms with van der Waals surface area (Å²) in [4.78, 5) is 29.8. The van der Waals surface area contributed by atoms with Crippen LogP contribution >= 0.6 is 0 Å². The largest absolute Gasteiger partial charge is 0.437 e. The second-order valence-corrected chi connectivity index (χ2v) is 9.66. The number of hydrogen-bond donors (Lipinski definition) is 1. The maximum atomic E-state index is 13.4. The van der Waals surface area contributed by atoms with E-state index in [4.69, 9.17) is 4.42 Å². The third kappa shape index (κ3) is 4.59. The standard InChI is InChI=1S/C30H27FN2O3/c1-30(2,23-9-4-3-5-10-23)33-28(35)21-8-6-7-20(15-21)22-16-25-26(18-34)27(36-29(25)32-17-22)19-11-13-24(31)14-12-19/h3-5,8-16,18,22H,6-7,17H2,1-2H3,(H,33,35). The molecule has 6 heteroatoms. The fourth-order valence-corrected chi connectivity index (χ4v) is 4.77. The first-order chi connectivity index (χ1) is 17.4. The van der Waals surface area contributed by atoms with Gasteiger partial charge in [0.25, 0.3) is 5.91 Å². The first kappa shape index (κ1) is 23.7. The molecule has 0 fully saturated rings. The second kappa shape index (κ2) is 9.53. The average Bonchev–Trinajstić information content (AvgIpc) is 3.27. The van der Waals surface area contributed by atoms with Crippen LogP contribution < -0.4 is 16.1 Å². The zero-order valence-corrected chi connectivity index (χ0v) is 20.3. The van der Waals surface area contributed by atoms with Crippen molar-refractivity contribution >= 4 is 18.3 Å². The lowest BCUT2D eigenvalue weighted by Crippen LogP contribution is -2.41. The molecule has 1 amide bonds. The smallest absolute Gasteiger partial charge is 0.251 e. The lowest BCUT2D eigenvalue weighted by molar-refractivity contribution is -0.118. The van der Waals surface area contributed by atoms with Gasteiger partial charge in [0.05, 0.1) is 17.6 Å². The van der Waals surface area contributed by atoms with Crippen LogP contribution in [-0.4, -0.2) is 18.7 Å². The number of allylic oxidation sites excluding steroid dienone is 1. The number of nitrogens with one attached hydrogen (secondary N) is 1. The highest BCUT2D eigenvalue weighted by Gasteiger charge is 2.26. The SMILES string of the molecule is CC(C)(NC(=O)C1=CCCC(C2C=c3c(C=O)c(-c4ccc(F)cc4)oc3=NC2)=C1)c1ccccc1. The lowest BCUT2D eigenvalue weighted by atomic mass is 9.87. The molecular weight excluding hydrogens is 455 g/mol. The molecule has 0 saturated heterocycles. The van der Waals surface area contributed by atoms with Crippen molar-refractivity contribution < 1.29 is 18.4 Å². The number of halogens is 1. The molecule has 0 saturated carbocycles. The van der Waals surface area contributed by atoms with Gasteiger partial charge in [-0.05, 0) is 62.6 Å². The predicted molar refractivity (Wildman–Crippen MR) is 136 cm³/mol. The molecule has 2 aliphatic rings. The Hall–Kier alpha value is -4.06. The third-order valence-electron chi connectivity index (χ3n) is 6.79. The number of amides is 1. The Morgan fingerprint density at radius 1 is 1.14 bits per heavy atom. The first-order valence-corrected chi connectivity index (χ1v) is 12.0. The van der Waals surface area contributed by atoms with Gasteiger partial charge in [-0.1, -0.05) is 48.1 Å². The van der Waals surface area contributed by atoms with Crippen molar-refractivity contribution in [2.75, 3.05) is 6.54 Å². The van der Waals surface area contributed by atoms with Gasteiger partial charge >= 0.3 is 0 Å². The minimum absolute atomic E-state index is 0.0477. The van der Waals surface area contributed by atoms with E-state index in [0.29, 0.717) is 39.8 Å². The van der Waals surface area contributed by atoms with Gasteiger partial charge in [0.15, 0.2) is 6.29 Å². The fraction of sp³-hybridized carbons (Fsp3) is 0.233. The Balaban J connectivity index is 1.42. The Bertz CT molecular complexity index is 1500.